The molecule has 0 fully saturated rings. The van der Waals surface area contributed by atoms with Crippen molar-refractivity contribution in [2.24, 2.45) is 0 Å². The summed E-state index contributed by atoms with van der Waals surface area (Å²) in [4.78, 5) is 29.5. The summed E-state index contributed by atoms with van der Waals surface area (Å²) in [7, 11) is -4.15. The Hall–Kier alpha value is -2.79. The molecule has 0 aliphatic heterocycles. The number of nitrogens with zero attached hydrogens (tertiary/aromatic N) is 1. The maximum atomic E-state index is 13.2. The number of hydrogen-bond donors (Lipinski definition) is 2. The van der Waals surface area contributed by atoms with Gasteiger partial charge in [0.25, 0.3) is 0 Å². The van der Waals surface area contributed by atoms with Crippen molar-refractivity contribution in [1.29, 1.82) is 0 Å². The van der Waals surface area contributed by atoms with Gasteiger partial charge >= 0.3 is 5.97 Å². The second kappa shape index (κ2) is 15.6. The molecule has 0 saturated carbocycles. The van der Waals surface area contributed by atoms with Crippen molar-refractivity contribution in [2.45, 2.75) is 86.4 Å². The molecular weight excluding hydrogens is 589 g/mol. The van der Waals surface area contributed by atoms with Crippen molar-refractivity contribution >= 4 is 55.1 Å². The van der Waals surface area contributed by atoms with E-state index in [0.717, 1.165) is 46.0 Å². The molecule has 0 radical (unpaired) electrons. The number of thioether (sulfide) groups is 1. The number of carbonyl (C=O) groups is 2. The molecule has 3 aromatic rings. The maximum absolute atomic E-state index is 13.2. The van der Waals surface area contributed by atoms with Crippen LogP contribution < -0.4 is 4.72 Å². The van der Waals surface area contributed by atoms with Gasteiger partial charge in [-0.25, -0.2) is 13.4 Å². The van der Waals surface area contributed by atoms with Gasteiger partial charge in [-0.15, -0.1) is 11.3 Å². The van der Waals surface area contributed by atoms with Crippen LogP contribution in [0.2, 0.25) is 0 Å². The number of thiazole rings is 1. The third kappa shape index (κ3) is 9.36. The standard InChI is InChI=1S/C32H38N2O5S3/c1-2-3-4-5-9-19-40-32-33-27-18-17-26(22-30(27)41-32)42(38,39)34-28(31(36)37)21-25-16-15-24(20-29(25)35)14-10-13-23-11-7-6-8-12-23/h6-8,11-12,15-18,22,28,34H,2-5,9-10,13-14,19-21H2,1H3,(H,36,37)/t28-/m1/s1. The fourth-order valence-electron chi connectivity index (χ4n) is 4.84. The van der Waals surface area contributed by atoms with Crippen molar-refractivity contribution in [2.75, 3.05) is 5.75 Å². The average Bonchev–Trinajstić information content (AvgIpc) is 3.38. The van der Waals surface area contributed by atoms with E-state index >= 15 is 0 Å². The van der Waals surface area contributed by atoms with Crippen LogP contribution in [-0.4, -0.2) is 42.1 Å². The Bertz CT molecular complexity index is 1540. The molecule has 0 amide bonds. The molecule has 7 nitrogen and oxygen atoms in total. The lowest BCUT2D eigenvalue weighted by Gasteiger charge is -2.19. The maximum Gasteiger partial charge on any atom is 0.322 e. The first-order valence-electron chi connectivity index (χ1n) is 14.5. The Morgan fingerprint density at radius 2 is 1.83 bits per heavy atom. The molecule has 1 aliphatic rings. The summed E-state index contributed by atoms with van der Waals surface area (Å²) in [5, 5.41) is 9.81. The number of rotatable bonds is 17. The predicted molar refractivity (Wildman–Crippen MR) is 171 cm³/mol. The van der Waals surface area contributed by atoms with E-state index in [1.807, 2.05) is 24.3 Å². The van der Waals surface area contributed by atoms with Crippen molar-refractivity contribution in [3.8, 4) is 0 Å². The number of aryl methyl sites for hydroxylation is 1. The number of benzene rings is 2. The first-order valence-corrected chi connectivity index (χ1v) is 17.8. The smallest absolute Gasteiger partial charge is 0.322 e. The minimum Gasteiger partial charge on any atom is -0.480 e. The minimum absolute atomic E-state index is 0.0226. The zero-order chi connectivity index (χ0) is 30.0. The number of ketones is 1. The summed E-state index contributed by atoms with van der Waals surface area (Å²) < 4.78 is 30.3. The van der Waals surface area contributed by atoms with Crippen LogP contribution in [0.3, 0.4) is 0 Å². The molecule has 4 rings (SSSR count). The van der Waals surface area contributed by atoms with Crippen LogP contribution in [-0.2, 0) is 26.0 Å². The van der Waals surface area contributed by atoms with Crippen molar-refractivity contribution in [1.82, 2.24) is 9.71 Å². The van der Waals surface area contributed by atoms with E-state index in [2.05, 4.69) is 28.8 Å². The summed E-state index contributed by atoms with van der Waals surface area (Å²) in [6, 6.07) is 13.3. The van der Waals surface area contributed by atoms with E-state index in [-0.39, 0.29) is 23.5 Å². The van der Waals surface area contributed by atoms with E-state index in [0.29, 0.717) is 11.1 Å². The number of fused-ring (bicyclic) bond motifs is 1. The minimum atomic E-state index is -4.15. The highest BCUT2D eigenvalue weighted by atomic mass is 32.2. The first kappa shape index (κ1) is 32.1. The Labute approximate surface area is 256 Å². The van der Waals surface area contributed by atoms with Crippen molar-refractivity contribution in [3.63, 3.8) is 0 Å². The normalized spacial score (nSPS) is 14.5. The lowest BCUT2D eigenvalue weighted by Crippen LogP contribution is -2.41. The summed E-state index contributed by atoms with van der Waals surface area (Å²) in [5.74, 6) is -0.532. The predicted octanol–water partition coefficient (Wildman–Crippen LogP) is 7.33. The van der Waals surface area contributed by atoms with Gasteiger partial charge in [0.05, 0.1) is 15.1 Å². The van der Waals surface area contributed by atoms with Gasteiger partial charge in [0, 0.05) is 18.6 Å². The number of unbranched alkanes of at least 4 members (excludes halogenated alkanes) is 4. The Balaban J connectivity index is 1.36. The number of aromatic nitrogens is 1. The molecule has 1 aromatic heterocycles. The van der Waals surface area contributed by atoms with E-state index < -0.39 is 22.0 Å². The molecule has 0 saturated heterocycles. The lowest BCUT2D eigenvalue weighted by atomic mass is 9.90. The average molecular weight is 627 g/mol. The van der Waals surface area contributed by atoms with Crippen LogP contribution in [0.15, 0.2) is 81.1 Å². The molecule has 42 heavy (non-hydrogen) atoms. The molecule has 2 N–H and O–H groups in total. The van der Waals surface area contributed by atoms with Gasteiger partial charge in [-0.05, 0) is 55.0 Å². The quantitative estimate of drug-likeness (QED) is 0.119. The fraction of sp³-hybridized carbons (Fsp3) is 0.406. The van der Waals surface area contributed by atoms with E-state index in [1.165, 1.54) is 54.7 Å². The van der Waals surface area contributed by atoms with E-state index in [9.17, 15) is 23.1 Å². The number of carboxylic acids is 1. The molecule has 2 aromatic carbocycles. The second-order valence-corrected chi connectivity index (χ2v) is 14.6. The highest BCUT2D eigenvalue weighted by Crippen LogP contribution is 2.32. The molecule has 0 spiro atoms. The summed E-state index contributed by atoms with van der Waals surface area (Å²) in [5.41, 5.74) is 3.27. The van der Waals surface area contributed by atoms with Crippen LogP contribution >= 0.6 is 23.1 Å². The van der Waals surface area contributed by atoms with Gasteiger partial charge in [0.15, 0.2) is 10.1 Å². The number of aliphatic carboxylic acids is 1. The third-order valence-corrected chi connectivity index (χ3v) is 10.9. The largest absolute Gasteiger partial charge is 0.480 e. The number of hydrogen-bond acceptors (Lipinski definition) is 7. The Morgan fingerprint density at radius 3 is 2.57 bits per heavy atom. The zero-order valence-corrected chi connectivity index (χ0v) is 26.3. The molecule has 1 heterocycles. The van der Waals surface area contributed by atoms with Gasteiger partial charge in [0.2, 0.25) is 10.0 Å². The van der Waals surface area contributed by atoms with Gasteiger partial charge in [0.1, 0.15) is 6.04 Å². The third-order valence-electron chi connectivity index (χ3n) is 7.22. The Morgan fingerprint density at radius 1 is 1.05 bits per heavy atom. The van der Waals surface area contributed by atoms with E-state index in [4.69, 9.17) is 0 Å². The number of allylic oxidation sites excluding steroid dienone is 3. The van der Waals surface area contributed by atoms with Gasteiger partial charge in [-0.2, -0.15) is 4.72 Å². The number of nitrogens with one attached hydrogen (secondary N) is 1. The molecule has 224 valence electrons. The summed E-state index contributed by atoms with van der Waals surface area (Å²) >= 11 is 3.11. The highest BCUT2D eigenvalue weighted by Gasteiger charge is 2.29. The van der Waals surface area contributed by atoms with Crippen LogP contribution in [0.1, 0.15) is 70.3 Å². The molecule has 0 unspecified atom stereocenters. The highest BCUT2D eigenvalue weighted by molar-refractivity contribution is 8.01. The molecule has 10 heteroatoms. The molecule has 1 aliphatic carbocycles. The number of carboxylic acid groups (broad SMARTS) is 1. The lowest BCUT2D eigenvalue weighted by molar-refractivity contribution is -0.138. The van der Waals surface area contributed by atoms with Gasteiger partial charge < -0.3 is 5.11 Å². The van der Waals surface area contributed by atoms with Crippen LogP contribution in [0, 0.1) is 0 Å². The monoisotopic (exact) mass is 626 g/mol. The number of Topliss-reactive ketones (excluding diaryl/α,β-unsaturated/α-hetero) is 1. The fourth-order valence-corrected chi connectivity index (χ4v) is 8.31. The molecule has 1 atom stereocenters. The zero-order valence-electron chi connectivity index (χ0n) is 23.9. The Kier molecular flexibility index (Phi) is 11.9. The van der Waals surface area contributed by atoms with Gasteiger partial charge in [-0.3, -0.25) is 9.59 Å². The molecular formula is C32H38N2O5S3. The summed E-state index contributed by atoms with van der Waals surface area (Å²) in [6.45, 7) is 2.19. The summed E-state index contributed by atoms with van der Waals surface area (Å²) in [6.07, 6.45) is 12.1. The van der Waals surface area contributed by atoms with Crippen LogP contribution in [0.25, 0.3) is 10.2 Å². The topological polar surface area (TPSA) is 113 Å². The van der Waals surface area contributed by atoms with Crippen molar-refractivity contribution in [3.05, 3.63) is 77.4 Å². The van der Waals surface area contributed by atoms with Crippen molar-refractivity contribution < 1.29 is 23.1 Å². The van der Waals surface area contributed by atoms with E-state index in [1.54, 1.807) is 23.9 Å². The van der Waals surface area contributed by atoms with Gasteiger partial charge in [-0.1, -0.05) is 92.4 Å². The SMILES string of the molecule is CCCCCCCSc1nc2ccc(S(=O)(=O)N[C@H](CC3=CC=C(CCCc4ccccc4)CC3=O)C(=O)O)cc2s1. The van der Waals surface area contributed by atoms with Crippen LogP contribution in [0.4, 0.5) is 0 Å². The van der Waals surface area contributed by atoms with Crippen LogP contribution in [0.5, 0.6) is 0 Å². The molecule has 0 bridgehead atoms. The first-order chi connectivity index (χ1) is 20.2. The number of carbonyl (C=O) groups excluding carboxylic acids is 1. The number of sulfonamides is 1. The second-order valence-electron chi connectivity index (χ2n) is 10.5.